The largest absolute Gasteiger partial charge is 0.478 e. The van der Waals surface area contributed by atoms with Gasteiger partial charge in [-0.25, -0.2) is 13.2 Å². The van der Waals surface area contributed by atoms with Crippen molar-refractivity contribution in [1.82, 2.24) is 4.31 Å². The number of carboxylic acid groups (broad SMARTS) is 1. The van der Waals surface area contributed by atoms with Crippen molar-refractivity contribution in [3.63, 3.8) is 0 Å². The first-order valence-electron chi connectivity index (χ1n) is 6.42. The summed E-state index contributed by atoms with van der Waals surface area (Å²) < 4.78 is 27.4. The highest BCUT2D eigenvalue weighted by Gasteiger charge is 2.29. The maximum absolute atomic E-state index is 12.8. The molecule has 114 valence electrons. The predicted molar refractivity (Wildman–Crippen MR) is 83.0 cm³/mol. The third-order valence-electron chi connectivity index (χ3n) is 3.46. The van der Waals surface area contributed by atoms with Crippen LogP contribution in [-0.4, -0.2) is 36.9 Å². The van der Waals surface area contributed by atoms with Crippen LogP contribution < -0.4 is 0 Å². The molecule has 0 saturated heterocycles. The molecule has 0 aromatic heterocycles. The van der Waals surface area contributed by atoms with Gasteiger partial charge in [-0.15, -0.1) is 0 Å². The third-order valence-corrected chi connectivity index (χ3v) is 6.25. The Morgan fingerprint density at radius 3 is 2.57 bits per heavy atom. The number of hydrogen-bond acceptors (Lipinski definition) is 3. The second-order valence-electron chi connectivity index (χ2n) is 5.06. The summed E-state index contributed by atoms with van der Waals surface area (Å²) in [7, 11) is -3.70. The van der Waals surface area contributed by atoms with Gasteiger partial charge in [-0.3, -0.25) is 0 Å². The van der Waals surface area contributed by atoms with Crippen LogP contribution in [0.5, 0.6) is 0 Å². The topological polar surface area (TPSA) is 74.7 Å². The molecule has 0 saturated carbocycles. The van der Waals surface area contributed by atoms with Crippen LogP contribution in [0, 0.1) is 6.92 Å². The lowest BCUT2D eigenvalue weighted by atomic mass is 10.1. The van der Waals surface area contributed by atoms with Crippen molar-refractivity contribution in [2.24, 2.45) is 0 Å². The minimum Gasteiger partial charge on any atom is -0.478 e. The van der Waals surface area contributed by atoms with E-state index in [2.05, 4.69) is 15.9 Å². The molecule has 0 atom stereocenters. The molecule has 1 heterocycles. The first kappa shape index (κ1) is 16.2. The quantitative estimate of drug-likeness (QED) is 0.826. The van der Waals surface area contributed by atoms with Crippen molar-refractivity contribution in [1.29, 1.82) is 0 Å². The fourth-order valence-corrected chi connectivity index (χ4v) is 4.63. The van der Waals surface area contributed by atoms with Gasteiger partial charge in [0.05, 0.1) is 10.5 Å². The summed E-state index contributed by atoms with van der Waals surface area (Å²) in [5.74, 6) is -1.15. The van der Waals surface area contributed by atoms with Gasteiger partial charge in [0.25, 0.3) is 0 Å². The van der Waals surface area contributed by atoms with E-state index < -0.39 is 16.0 Å². The molecule has 1 aliphatic rings. The maximum atomic E-state index is 12.8. The lowest BCUT2D eigenvalue weighted by Crippen LogP contribution is -2.35. The Labute approximate surface area is 132 Å². The van der Waals surface area contributed by atoms with Crippen LogP contribution in [0.25, 0.3) is 0 Å². The molecule has 1 aromatic carbocycles. The molecule has 5 nitrogen and oxygen atoms in total. The van der Waals surface area contributed by atoms with E-state index in [4.69, 9.17) is 5.11 Å². The van der Waals surface area contributed by atoms with Gasteiger partial charge in [-0.1, -0.05) is 27.6 Å². The molecule has 1 aliphatic heterocycles. The van der Waals surface area contributed by atoms with E-state index in [1.807, 2.05) is 13.0 Å². The number of halogens is 1. The molecular weight excluding hydrogens is 358 g/mol. The first-order valence-corrected chi connectivity index (χ1v) is 8.66. The molecule has 0 aliphatic carbocycles. The highest BCUT2D eigenvalue weighted by atomic mass is 79.9. The average Bonchev–Trinajstić information content (AvgIpc) is 2.41. The molecular formula is C14H16BrNO4S. The Balaban J connectivity index is 2.54. The molecule has 0 bridgehead atoms. The van der Waals surface area contributed by atoms with Crippen LogP contribution in [0.4, 0.5) is 0 Å². The van der Waals surface area contributed by atoms with E-state index in [-0.39, 0.29) is 10.5 Å². The molecule has 0 spiro atoms. The molecule has 1 aromatic rings. The maximum Gasteiger partial charge on any atom is 0.335 e. The fourth-order valence-electron chi connectivity index (χ4n) is 2.27. The minimum atomic E-state index is -3.70. The van der Waals surface area contributed by atoms with Crippen molar-refractivity contribution >= 4 is 31.9 Å². The number of aromatic carboxylic acids is 1. The van der Waals surface area contributed by atoms with Crippen LogP contribution in [0.3, 0.4) is 0 Å². The van der Waals surface area contributed by atoms with Crippen molar-refractivity contribution in [2.75, 3.05) is 13.1 Å². The summed E-state index contributed by atoms with van der Waals surface area (Å²) in [6.45, 7) is 4.30. The third kappa shape index (κ3) is 3.20. The highest BCUT2D eigenvalue weighted by molar-refractivity contribution is 9.10. The zero-order valence-electron chi connectivity index (χ0n) is 11.8. The van der Waals surface area contributed by atoms with Crippen LogP contribution in [0.2, 0.25) is 0 Å². The van der Waals surface area contributed by atoms with Gasteiger partial charge < -0.3 is 5.11 Å². The van der Waals surface area contributed by atoms with E-state index in [0.29, 0.717) is 29.5 Å². The highest BCUT2D eigenvalue weighted by Crippen LogP contribution is 2.29. The molecule has 1 N–H and O–H groups in total. The molecule has 0 radical (unpaired) electrons. The average molecular weight is 374 g/mol. The van der Waals surface area contributed by atoms with E-state index in [0.717, 1.165) is 5.57 Å². The number of hydrogen-bond donors (Lipinski definition) is 1. The molecule has 0 amide bonds. The number of sulfonamides is 1. The molecule has 21 heavy (non-hydrogen) atoms. The summed E-state index contributed by atoms with van der Waals surface area (Å²) in [6, 6.07) is 2.64. The van der Waals surface area contributed by atoms with Crippen molar-refractivity contribution in [3.8, 4) is 0 Å². The van der Waals surface area contributed by atoms with Crippen molar-refractivity contribution in [3.05, 3.63) is 39.4 Å². The van der Waals surface area contributed by atoms with Crippen molar-refractivity contribution in [2.45, 2.75) is 25.2 Å². The molecule has 2 rings (SSSR count). The van der Waals surface area contributed by atoms with E-state index >= 15 is 0 Å². The Kier molecular flexibility index (Phi) is 4.55. The molecule has 0 unspecified atom stereocenters. The van der Waals surface area contributed by atoms with Crippen LogP contribution in [-0.2, 0) is 10.0 Å². The number of nitrogens with zero attached hydrogens (tertiary/aromatic N) is 1. The number of carbonyl (C=O) groups is 1. The summed E-state index contributed by atoms with van der Waals surface area (Å²) in [6.07, 6.45) is 2.69. The monoisotopic (exact) mass is 373 g/mol. The second kappa shape index (κ2) is 5.90. The lowest BCUT2D eigenvalue weighted by Gasteiger charge is -2.26. The van der Waals surface area contributed by atoms with Gasteiger partial charge in [0.2, 0.25) is 10.0 Å². The Morgan fingerprint density at radius 1 is 1.33 bits per heavy atom. The normalized spacial score (nSPS) is 16.6. The van der Waals surface area contributed by atoms with Crippen LogP contribution in [0.15, 0.2) is 33.2 Å². The van der Waals surface area contributed by atoms with E-state index in [1.54, 1.807) is 6.92 Å². The number of carboxylic acids is 1. The van der Waals surface area contributed by atoms with Gasteiger partial charge in [-0.05, 0) is 38.0 Å². The number of benzene rings is 1. The second-order valence-corrected chi connectivity index (χ2v) is 7.82. The summed E-state index contributed by atoms with van der Waals surface area (Å²) in [5, 5.41) is 9.10. The molecule has 7 heteroatoms. The SMILES string of the molecule is CC1=CCCN(S(=O)(=O)c2cc(C(=O)O)cc(Br)c2C)C1. The van der Waals surface area contributed by atoms with Crippen molar-refractivity contribution < 1.29 is 18.3 Å². The van der Waals surface area contributed by atoms with Crippen LogP contribution >= 0.6 is 15.9 Å². The lowest BCUT2D eigenvalue weighted by molar-refractivity contribution is 0.0696. The Morgan fingerprint density at radius 2 is 2.00 bits per heavy atom. The van der Waals surface area contributed by atoms with Gasteiger partial charge in [0.15, 0.2) is 0 Å². The van der Waals surface area contributed by atoms with E-state index in [9.17, 15) is 13.2 Å². The summed E-state index contributed by atoms with van der Waals surface area (Å²) in [5.41, 5.74) is 1.47. The standard InChI is InChI=1S/C14H16BrNO4S/c1-9-4-3-5-16(8-9)21(19,20)13-7-11(14(17)18)6-12(15)10(13)2/h4,6-7H,3,5,8H2,1-2H3,(H,17,18). The summed E-state index contributed by atoms with van der Waals surface area (Å²) in [4.78, 5) is 11.2. The minimum absolute atomic E-state index is 0.0453. The Hall–Kier alpha value is -1.18. The first-order chi connectivity index (χ1) is 9.73. The smallest absolute Gasteiger partial charge is 0.335 e. The number of rotatable bonds is 3. The van der Waals surface area contributed by atoms with Gasteiger partial charge in [0.1, 0.15) is 0 Å². The van der Waals surface area contributed by atoms with Crippen LogP contribution in [0.1, 0.15) is 29.3 Å². The zero-order chi connectivity index (χ0) is 15.8. The summed E-state index contributed by atoms with van der Waals surface area (Å²) >= 11 is 3.24. The predicted octanol–water partition coefficient (Wildman–Crippen LogP) is 2.80. The molecule has 0 fully saturated rings. The Bertz CT molecular complexity index is 725. The van der Waals surface area contributed by atoms with Gasteiger partial charge in [0, 0.05) is 17.6 Å². The fraction of sp³-hybridized carbons (Fsp3) is 0.357. The van der Waals surface area contributed by atoms with E-state index in [1.165, 1.54) is 16.4 Å². The zero-order valence-corrected chi connectivity index (χ0v) is 14.2. The van der Waals surface area contributed by atoms with Gasteiger partial charge in [-0.2, -0.15) is 4.31 Å². The van der Waals surface area contributed by atoms with Gasteiger partial charge >= 0.3 is 5.97 Å².